The Morgan fingerprint density at radius 1 is 1.05 bits per heavy atom. The minimum absolute atomic E-state index is 1.01. The summed E-state index contributed by atoms with van der Waals surface area (Å²) in [5.74, 6) is 0. The number of pyridine rings is 1. The molecule has 0 aliphatic carbocycles. The summed E-state index contributed by atoms with van der Waals surface area (Å²) >= 11 is 3.46. The van der Waals surface area contributed by atoms with Crippen LogP contribution in [0.5, 0.6) is 0 Å². The molecule has 1 aromatic carbocycles. The van der Waals surface area contributed by atoms with E-state index in [4.69, 9.17) is 4.98 Å². The molecule has 2 nitrogen and oxygen atoms in total. The molecule has 96 valence electrons. The van der Waals surface area contributed by atoms with Gasteiger partial charge in [-0.15, -0.1) is 0 Å². The van der Waals surface area contributed by atoms with Crippen LogP contribution in [0.4, 0.5) is 0 Å². The Balaban J connectivity index is 2.22. The second-order valence-electron chi connectivity index (χ2n) is 4.90. The molecule has 0 aliphatic rings. The Morgan fingerprint density at radius 2 is 1.74 bits per heavy atom. The molecule has 0 aliphatic heterocycles. The van der Waals surface area contributed by atoms with Crippen LogP contribution in [-0.2, 0) is 0 Å². The standard InChI is InChI=1S/C16H15BrN2/c1-10-8-16-18-15(9-19(16)12(3)11(10)2)13-4-6-14(17)7-5-13/h4-9H,1-3H3. The molecule has 2 aromatic heterocycles. The predicted octanol–water partition coefficient (Wildman–Crippen LogP) is 4.69. The van der Waals surface area contributed by atoms with Crippen LogP contribution in [0.25, 0.3) is 16.9 Å². The first-order chi connectivity index (χ1) is 9.06. The Kier molecular flexibility index (Phi) is 2.94. The molecule has 0 fully saturated rings. The van der Waals surface area contributed by atoms with E-state index in [0.717, 1.165) is 21.4 Å². The van der Waals surface area contributed by atoms with Crippen molar-refractivity contribution >= 4 is 21.6 Å². The summed E-state index contributed by atoms with van der Waals surface area (Å²) in [6, 6.07) is 10.4. The minimum Gasteiger partial charge on any atom is -0.303 e. The monoisotopic (exact) mass is 314 g/mol. The third-order valence-corrected chi connectivity index (χ3v) is 4.24. The van der Waals surface area contributed by atoms with E-state index in [1.165, 1.54) is 16.8 Å². The van der Waals surface area contributed by atoms with Gasteiger partial charge in [-0.3, -0.25) is 0 Å². The molecule has 0 radical (unpaired) electrons. The second kappa shape index (κ2) is 4.49. The molecule has 0 atom stereocenters. The van der Waals surface area contributed by atoms with E-state index in [-0.39, 0.29) is 0 Å². The van der Waals surface area contributed by atoms with Gasteiger partial charge in [-0.05, 0) is 50.1 Å². The summed E-state index contributed by atoms with van der Waals surface area (Å²) in [5.41, 5.74) is 7.04. The highest BCUT2D eigenvalue weighted by atomic mass is 79.9. The van der Waals surface area contributed by atoms with E-state index in [2.05, 4.69) is 65.5 Å². The van der Waals surface area contributed by atoms with Crippen molar-refractivity contribution in [2.45, 2.75) is 20.8 Å². The van der Waals surface area contributed by atoms with Crippen LogP contribution >= 0.6 is 15.9 Å². The van der Waals surface area contributed by atoms with Crippen LogP contribution in [0, 0.1) is 20.8 Å². The maximum Gasteiger partial charge on any atom is 0.137 e. The van der Waals surface area contributed by atoms with E-state index in [9.17, 15) is 0 Å². The lowest BCUT2D eigenvalue weighted by Crippen LogP contribution is -1.95. The average molecular weight is 315 g/mol. The third-order valence-electron chi connectivity index (χ3n) is 3.71. The molecule has 3 rings (SSSR count). The highest BCUT2D eigenvalue weighted by Crippen LogP contribution is 2.24. The molecule has 0 N–H and O–H groups in total. The lowest BCUT2D eigenvalue weighted by Gasteiger charge is -2.06. The summed E-state index contributed by atoms with van der Waals surface area (Å²) in [4.78, 5) is 4.72. The summed E-state index contributed by atoms with van der Waals surface area (Å²) in [6.07, 6.45) is 2.11. The molecule has 2 heterocycles. The normalized spacial score (nSPS) is 11.2. The lowest BCUT2D eigenvalue weighted by molar-refractivity contribution is 1.05. The Hall–Kier alpha value is -1.61. The fraction of sp³-hybridized carbons (Fsp3) is 0.188. The molecule has 3 heteroatoms. The van der Waals surface area contributed by atoms with Crippen molar-refractivity contribution in [1.29, 1.82) is 0 Å². The number of benzene rings is 1. The van der Waals surface area contributed by atoms with Crippen LogP contribution in [0.15, 0.2) is 41.0 Å². The van der Waals surface area contributed by atoms with E-state index in [1.54, 1.807) is 0 Å². The van der Waals surface area contributed by atoms with Gasteiger partial charge in [0.25, 0.3) is 0 Å². The number of imidazole rings is 1. The quantitative estimate of drug-likeness (QED) is 0.637. The van der Waals surface area contributed by atoms with Gasteiger partial charge in [0.2, 0.25) is 0 Å². The summed E-state index contributed by atoms with van der Waals surface area (Å²) in [5, 5.41) is 0. The van der Waals surface area contributed by atoms with E-state index in [1.807, 2.05) is 12.1 Å². The van der Waals surface area contributed by atoms with Crippen LogP contribution in [-0.4, -0.2) is 9.38 Å². The molecule has 0 saturated heterocycles. The van der Waals surface area contributed by atoms with Gasteiger partial charge in [-0.25, -0.2) is 4.98 Å². The zero-order chi connectivity index (χ0) is 13.6. The molecular weight excluding hydrogens is 300 g/mol. The van der Waals surface area contributed by atoms with Gasteiger partial charge in [-0.2, -0.15) is 0 Å². The number of nitrogens with zero attached hydrogens (tertiary/aromatic N) is 2. The van der Waals surface area contributed by atoms with Gasteiger partial charge >= 0.3 is 0 Å². The van der Waals surface area contributed by atoms with Crippen molar-refractivity contribution in [2.75, 3.05) is 0 Å². The van der Waals surface area contributed by atoms with Crippen LogP contribution < -0.4 is 0 Å². The van der Waals surface area contributed by atoms with Crippen molar-refractivity contribution in [2.24, 2.45) is 0 Å². The largest absolute Gasteiger partial charge is 0.303 e. The zero-order valence-corrected chi connectivity index (χ0v) is 12.8. The number of halogens is 1. The molecule has 0 saturated carbocycles. The lowest BCUT2D eigenvalue weighted by atomic mass is 10.1. The third kappa shape index (κ3) is 2.08. The van der Waals surface area contributed by atoms with Gasteiger partial charge in [0.1, 0.15) is 5.65 Å². The van der Waals surface area contributed by atoms with E-state index in [0.29, 0.717) is 0 Å². The first-order valence-electron chi connectivity index (χ1n) is 6.28. The first-order valence-corrected chi connectivity index (χ1v) is 7.07. The molecule has 0 spiro atoms. The van der Waals surface area contributed by atoms with Crippen LogP contribution in [0.3, 0.4) is 0 Å². The van der Waals surface area contributed by atoms with Gasteiger partial charge in [0.05, 0.1) is 5.69 Å². The fourth-order valence-corrected chi connectivity index (χ4v) is 2.56. The highest BCUT2D eigenvalue weighted by molar-refractivity contribution is 9.10. The molecule has 0 unspecified atom stereocenters. The molecule has 0 bridgehead atoms. The molecule has 0 amide bonds. The van der Waals surface area contributed by atoms with Gasteiger partial charge < -0.3 is 4.40 Å². The van der Waals surface area contributed by atoms with Crippen LogP contribution in [0.1, 0.15) is 16.8 Å². The average Bonchev–Trinajstić information content (AvgIpc) is 2.81. The van der Waals surface area contributed by atoms with Gasteiger partial charge in [0, 0.05) is 21.9 Å². The smallest absolute Gasteiger partial charge is 0.137 e. The Morgan fingerprint density at radius 3 is 2.42 bits per heavy atom. The van der Waals surface area contributed by atoms with Crippen molar-refractivity contribution in [3.8, 4) is 11.3 Å². The molecule has 19 heavy (non-hydrogen) atoms. The zero-order valence-electron chi connectivity index (χ0n) is 11.2. The van der Waals surface area contributed by atoms with Crippen molar-refractivity contribution < 1.29 is 0 Å². The van der Waals surface area contributed by atoms with Gasteiger partial charge in [0.15, 0.2) is 0 Å². The summed E-state index contributed by atoms with van der Waals surface area (Å²) in [7, 11) is 0. The van der Waals surface area contributed by atoms with Crippen molar-refractivity contribution in [3.05, 3.63) is 57.8 Å². The number of hydrogen-bond acceptors (Lipinski definition) is 1. The summed E-state index contributed by atoms with van der Waals surface area (Å²) < 4.78 is 3.25. The van der Waals surface area contributed by atoms with Crippen molar-refractivity contribution in [3.63, 3.8) is 0 Å². The molecule has 3 aromatic rings. The van der Waals surface area contributed by atoms with Crippen molar-refractivity contribution in [1.82, 2.24) is 9.38 Å². The summed E-state index contributed by atoms with van der Waals surface area (Å²) in [6.45, 7) is 6.43. The second-order valence-corrected chi connectivity index (χ2v) is 5.81. The number of aryl methyl sites for hydroxylation is 2. The predicted molar refractivity (Wildman–Crippen MR) is 82.5 cm³/mol. The highest BCUT2D eigenvalue weighted by Gasteiger charge is 2.08. The topological polar surface area (TPSA) is 17.3 Å². The fourth-order valence-electron chi connectivity index (χ4n) is 2.29. The maximum absolute atomic E-state index is 4.72. The number of aromatic nitrogens is 2. The van der Waals surface area contributed by atoms with Gasteiger partial charge in [-0.1, -0.05) is 28.1 Å². The first kappa shape index (κ1) is 12.4. The van der Waals surface area contributed by atoms with E-state index >= 15 is 0 Å². The van der Waals surface area contributed by atoms with E-state index < -0.39 is 0 Å². The minimum atomic E-state index is 1.01. The van der Waals surface area contributed by atoms with Crippen LogP contribution in [0.2, 0.25) is 0 Å². The maximum atomic E-state index is 4.72. The number of fused-ring (bicyclic) bond motifs is 1. The molecular formula is C16H15BrN2. The Labute approximate surface area is 121 Å². The number of hydrogen-bond donors (Lipinski definition) is 0. The Bertz CT molecular complexity index is 755. The number of rotatable bonds is 1. The SMILES string of the molecule is Cc1cc2nc(-c3ccc(Br)cc3)cn2c(C)c1C.